The lowest BCUT2D eigenvalue weighted by molar-refractivity contribution is -0.119. The summed E-state index contributed by atoms with van der Waals surface area (Å²) in [5, 5.41) is 6.88. The van der Waals surface area contributed by atoms with Gasteiger partial charge in [-0.1, -0.05) is 0 Å². The lowest BCUT2D eigenvalue weighted by Gasteiger charge is -2.20. The summed E-state index contributed by atoms with van der Waals surface area (Å²) in [4.78, 5) is 26.6. The number of aromatic nitrogens is 2. The highest BCUT2D eigenvalue weighted by Gasteiger charge is 2.25. The Hall–Kier alpha value is -2.16. The summed E-state index contributed by atoms with van der Waals surface area (Å²) in [6.07, 6.45) is 0.754. The van der Waals surface area contributed by atoms with Crippen LogP contribution in [0.1, 0.15) is 16.9 Å². The molecule has 104 valence electrons. The van der Waals surface area contributed by atoms with Crippen molar-refractivity contribution in [3.8, 4) is 0 Å². The molecule has 1 aliphatic heterocycles. The predicted octanol–water partition coefficient (Wildman–Crippen LogP) is -1.71. The molecule has 0 atom stereocenters. The molecule has 1 aromatic rings. The standard InChI is InChI=1S/C10H16N6O3/c11-7(17)6-15-2-1-3-16(5-4-15)10(18)8-9(12)14-19-13-8/h1-6H2,(H2,11,17)(H2,12,14). The molecule has 19 heavy (non-hydrogen) atoms. The third-order valence-electron chi connectivity index (χ3n) is 2.97. The van der Waals surface area contributed by atoms with Crippen LogP contribution < -0.4 is 11.5 Å². The Morgan fingerprint density at radius 1 is 1.21 bits per heavy atom. The smallest absolute Gasteiger partial charge is 0.280 e. The topological polar surface area (TPSA) is 132 Å². The molecule has 2 amide bonds. The number of rotatable bonds is 3. The minimum atomic E-state index is -0.371. The Kier molecular flexibility index (Phi) is 3.95. The lowest BCUT2D eigenvalue weighted by Crippen LogP contribution is -2.38. The molecule has 0 unspecified atom stereocenters. The van der Waals surface area contributed by atoms with Gasteiger partial charge in [-0.15, -0.1) is 0 Å². The molecule has 2 heterocycles. The number of carbonyl (C=O) groups is 2. The number of carbonyl (C=O) groups excluding carboxylic acids is 2. The fourth-order valence-electron chi connectivity index (χ4n) is 2.05. The summed E-state index contributed by atoms with van der Waals surface area (Å²) in [7, 11) is 0. The van der Waals surface area contributed by atoms with Crippen molar-refractivity contribution in [2.75, 3.05) is 38.5 Å². The number of nitrogens with zero attached hydrogens (tertiary/aromatic N) is 4. The molecule has 2 rings (SSSR count). The predicted molar refractivity (Wildman–Crippen MR) is 64.9 cm³/mol. The molecule has 9 nitrogen and oxygen atoms in total. The van der Waals surface area contributed by atoms with Gasteiger partial charge in [-0.25, -0.2) is 4.63 Å². The second-order valence-electron chi connectivity index (χ2n) is 4.39. The van der Waals surface area contributed by atoms with E-state index in [-0.39, 0.29) is 29.9 Å². The first-order valence-corrected chi connectivity index (χ1v) is 5.96. The van der Waals surface area contributed by atoms with Gasteiger partial charge in [0.15, 0.2) is 0 Å². The molecule has 0 bridgehead atoms. The number of hydrogen-bond donors (Lipinski definition) is 2. The van der Waals surface area contributed by atoms with Gasteiger partial charge in [-0.3, -0.25) is 14.5 Å². The van der Waals surface area contributed by atoms with Crippen molar-refractivity contribution in [1.29, 1.82) is 0 Å². The van der Waals surface area contributed by atoms with Crippen LogP contribution in [0.15, 0.2) is 4.63 Å². The molecule has 1 fully saturated rings. The van der Waals surface area contributed by atoms with Gasteiger partial charge in [0, 0.05) is 26.2 Å². The van der Waals surface area contributed by atoms with E-state index in [1.807, 2.05) is 4.90 Å². The normalized spacial score (nSPS) is 17.2. The van der Waals surface area contributed by atoms with E-state index >= 15 is 0 Å². The highest BCUT2D eigenvalue weighted by molar-refractivity contribution is 5.96. The molecule has 1 aliphatic rings. The molecule has 4 N–H and O–H groups in total. The van der Waals surface area contributed by atoms with Crippen LogP contribution in [0.4, 0.5) is 5.82 Å². The van der Waals surface area contributed by atoms with Crippen molar-refractivity contribution in [1.82, 2.24) is 20.1 Å². The van der Waals surface area contributed by atoms with E-state index in [9.17, 15) is 9.59 Å². The van der Waals surface area contributed by atoms with Gasteiger partial charge in [-0.2, -0.15) is 0 Å². The Bertz CT molecular complexity index is 474. The number of amides is 2. The average molecular weight is 268 g/mol. The summed E-state index contributed by atoms with van der Waals surface area (Å²) in [6, 6.07) is 0. The maximum absolute atomic E-state index is 12.1. The van der Waals surface area contributed by atoms with E-state index in [4.69, 9.17) is 11.5 Å². The third kappa shape index (κ3) is 3.19. The summed E-state index contributed by atoms with van der Waals surface area (Å²) < 4.78 is 4.42. The van der Waals surface area contributed by atoms with Crippen molar-refractivity contribution >= 4 is 17.6 Å². The monoisotopic (exact) mass is 268 g/mol. The third-order valence-corrected chi connectivity index (χ3v) is 2.97. The van der Waals surface area contributed by atoms with E-state index in [2.05, 4.69) is 14.9 Å². The van der Waals surface area contributed by atoms with Crippen LogP contribution in [-0.4, -0.2) is 64.7 Å². The highest BCUT2D eigenvalue weighted by atomic mass is 16.6. The molecule has 0 aromatic carbocycles. The molecule has 1 aromatic heterocycles. The lowest BCUT2D eigenvalue weighted by atomic mass is 10.3. The van der Waals surface area contributed by atoms with Crippen molar-refractivity contribution < 1.29 is 14.2 Å². The van der Waals surface area contributed by atoms with E-state index in [1.165, 1.54) is 0 Å². The minimum Gasteiger partial charge on any atom is -0.379 e. The molecule has 0 radical (unpaired) electrons. The number of nitrogens with two attached hydrogens (primary N) is 2. The maximum Gasteiger partial charge on any atom is 0.280 e. The zero-order valence-electron chi connectivity index (χ0n) is 10.4. The number of primary amides is 1. The van der Waals surface area contributed by atoms with Crippen molar-refractivity contribution in [3.63, 3.8) is 0 Å². The minimum absolute atomic E-state index is 0.0109. The molecule has 0 saturated carbocycles. The molecule has 9 heteroatoms. The quantitative estimate of drug-likeness (QED) is 0.666. The van der Waals surface area contributed by atoms with Gasteiger partial charge in [0.05, 0.1) is 6.54 Å². The van der Waals surface area contributed by atoms with Crippen LogP contribution >= 0.6 is 0 Å². The zero-order valence-corrected chi connectivity index (χ0v) is 10.4. The Morgan fingerprint density at radius 3 is 2.63 bits per heavy atom. The van der Waals surface area contributed by atoms with Crippen LogP contribution in [0.25, 0.3) is 0 Å². The van der Waals surface area contributed by atoms with E-state index in [0.29, 0.717) is 19.6 Å². The molecule has 1 saturated heterocycles. The van der Waals surface area contributed by atoms with Crippen LogP contribution in [0, 0.1) is 0 Å². The first-order chi connectivity index (χ1) is 9.08. The molecular formula is C10H16N6O3. The summed E-state index contributed by atoms with van der Waals surface area (Å²) in [5.74, 6) is -0.687. The first kappa shape index (κ1) is 13.3. The van der Waals surface area contributed by atoms with Crippen molar-refractivity contribution in [3.05, 3.63) is 5.69 Å². The number of nitrogen functional groups attached to an aromatic ring is 1. The van der Waals surface area contributed by atoms with Crippen LogP contribution in [0.2, 0.25) is 0 Å². The second-order valence-corrected chi connectivity index (χ2v) is 4.39. The first-order valence-electron chi connectivity index (χ1n) is 5.96. The van der Waals surface area contributed by atoms with E-state index in [1.54, 1.807) is 4.90 Å². The maximum atomic E-state index is 12.1. The Balaban J connectivity index is 1.97. The fourth-order valence-corrected chi connectivity index (χ4v) is 2.05. The molecular weight excluding hydrogens is 252 g/mol. The number of anilines is 1. The fraction of sp³-hybridized carbons (Fsp3) is 0.600. The Morgan fingerprint density at radius 2 is 2.00 bits per heavy atom. The highest BCUT2D eigenvalue weighted by Crippen LogP contribution is 2.11. The zero-order chi connectivity index (χ0) is 13.8. The second kappa shape index (κ2) is 5.65. The van der Waals surface area contributed by atoms with Crippen molar-refractivity contribution in [2.24, 2.45) is 5.73 Å². The van der Waals surface area contributed by atoms with Gasteiger partial charge in [0.1, 0.15) is 0 Å². The van der Waals surface area contributed by atoms with Crippen LogP contribution in [0.3, 0.4) is 0 Å². The van der Waals surface area contributed by atoms with E-state index in [0.717, 1.165) is 13.0 Å². The van der Waals surface area contributed by atoms with Crippen molar-refractivity contribution in [2.45, 2.75) is 6.42 Å². The van der Waals surface area contributed by atoms with Crippen LogP contribution in [0.5, 0.6) is 0 Å². The van der Waals surface area contributed by atoms with Gasteiger partial charge in [0.2, 0.25) is 17.4 Å². The summed E-state index contributed by atoms with van der Waals surface area (Å²) in [6.45, 7) is 2.56. The summed E-state index contributed by atoms with van der Waals surface area (Å²) in [5.41, 5.74) is 10.7. The van der Waals surface area contributed by atoms with Gasteiger partial charge in [-0.05, 0) is 16.7 Å². The Labute approximate surface area is 109 Å². The number of hydrogen-bond acceptors (Lipinski definition) is 7. The molecule has 0 spiro atoms. The molecule has 0 aliphatic carbocycles. The van der Waals surface area contributed by atoms with Crippen LogP contribution in [-0.2, 0) is 4.79 Å². The van der Waals surface area contributed by atoms with E-state index < -0.39 is 0 Å². The summed E-state index contributed by atoms with van der Waals surface area (Å²) >= 11 is 0. The van der Waals surface area contributed by atoms with Gasteiger partial charge < -0.3 is 16.4 Å². The average Bonchev–Trinajstić information content (AvgIpc) is 2.64. The SMILES string of the molecule is NC(=O)CN1CCCN(C(=O)c2nonc2N)CC1. The van der Waals surface area contributed by atoms with Gasteiger partial charge >= 0.3 is 0 Å². The van der Waals surface area contributed by atoms with Gasteiger partial charge in [0.25, 0.3) is 5.91 Å². The largest absolute Gasteiger partial charge is 0.379 e.